The van der Waals surface area contributed by atoms with Crippen molar-refractivity contribution in [3.8, 4) is 5.75 Å². The van der Waals surface area contributed by atoms with Gasteiger partial charge in [-0.3, -0.25) is 4.79 Å². The molecule has 0 aliphatic heterocycles. The monoisotopic (exact) mass is 374 g/mol. The van der Waals surface area contributed by atoms with Crippen LogP contribution in [0.1, 0.15) is 10.4 Å². The van der Waals surface area contributed by atoms with Gasteiger partial charge in [0.05, 0.1) is 13.9 Å². The lowest BCUT2D eigenvalue weighted by atomic mass is 10.1. The number of carbonyl (C=O) groups is 1. The van der Waals surface area contributed by atoms with Gasteiger partial charge in [-0.1, -0.05) is 0 Å². The highest BCUT2D eigenvalue weighted by molar-refractivity contribution is 14.1. The first-order chi connectivity index (χ1) is 6.06. The summed E-state index contributed by atoms with van der Waals surface area (Å²) in [5, 5.41) is 9.39. The third-order valence-electron chi connectivity index (χ3n) is 1.46. The molecule has 0 amide bonds. The van der Waals surface area contributed by atoms with Crippen molar-refractivity contribution < 1.29 is 9.90 Å². The number of hydrogen-bond donors (Lipinski definition) is 1. The molecule has 0 aliphatic rings. The van der Waals surface area contributed by atoms with Crippen molar-refractivity contribution in [3.63, 3.8) is 0 Å². The van der Waals surface area contributed by atoms with Crippen LogP contribution in [0, 0.1) is 3.57 Å². The van der Waals surface area contributed by atoms with Gasteiger partial charge in [0.1, 0.15) is 5.75 Å². The Morgan fingerprint density at radius 2 is 2.23 bits per heavy atom. The fraction of sp³-hybridized carbons (Fsp3) is 0.125. The summed E-state index contributed by atoms with van der Waals surface area (Å²) in [5.74, 6) is -0.0557. The first-order valence-corrected chi connectivity index (χ1v) is 5.74. The zero-order valence-electron chi connectivity index (χ0n) is 6.35. The Kier molecular flexibility index (Phi) is 4.00. The van der Waals surface area contributed by atoms with Gasteiger partial charge in [0.15, 0.2) is 5.78 Å². The summed E-state index contributed by atoms with van der Waals surface area (Å²) in [7, 11) is 0. The molecule has 13 heavy (non-hydrogen) atoms. The maximum absolute atomic E-state index is 11.2. The standard InChI is InChI=1S/C8H5BrClIO2/c9-5-1-4(7(12)3-10)2-6(11)8(5)13/h1-2,13H,3H2. The van der Waals surface area contributed by atoms with Crippen LogP contribution in [0.3, 0.4) is 0 Å². The van der Waals surface area contributed by atoms with Gasteiger partial charge in [-0.05, 0) is 50.7 Å². The summed E-state index contributed by atoms with van der Waals surface area (Å²) in [6.45, 7) is 0. The number of alkyl halides is 1. The van der Waals surface area contributed by atoms with Gasteiger partial charge < -0.3 is 5.11 Å². The molecular formula is C8H5BrClIO2. The molecule has 1 aromatic carbocycles. The summed E-state index contributed by atoms with van der Waals surface area (Å²) in [6, 6.07) is 3.16. The molecule has 5 heteroatoms. The quantitative estimate of drug-likeness (QED) is 0.490. The van der Waals surface area contributed by atoms with Crippen LogP contribution in [0.5, 0.6) is 5.75 Å². The second-order valence-electron chi connectivity index (χ2n) is 2.35. The highest BCUT2D eigenvalue weighted by Gasteiger charge is 2.10. The molecule has 0 unspecified atom stereocenters. The molecule has 0 saturated heterocycles. The van der Waals surface area contributed by atoms with Crippen molar-refractivity contribution in [2.75, 3.05) is 5.88 Å². The van der Waals surface area contributed by atoms with Crippen molar-refractivity contribution in [3.05, 3.63) is 25.7 Å². The molecule has 0 radical (unpaired) electrons. The van der Waals surface area contributed by atoms with Crippen molar-refractivity contribution in [2.45, 2.75) is 0 Å². The average molecular weight is 375 g/mol. The third kappa shape index (κ3) is 2.57. The summed E-state index contributed by atoms with van der Waals surface area (Å²) in [5.41, 5.74) is 0.504. The van der Waals surface area contributed by atoms with Crippen LogP contribution in [0.25, 0.3) is 0 Å². The molecule has 0 spiro atoms. The predicted octanol–water partition coefficient (Wildman–Crippen LogP) is 3.18. The van der Waals surface area contributed by atoms with E-state index in [2.05, 4.69) is 15.9 Å². The van der Waals surface area contributed by atoms with E-state index in [4.69, 9.17) is 11.6 Å². The normalized spacial score (nSPS) is 10.1. The number of hydrogen-bond acceptors (Lipinski definition) is 2. The number of rotatable bonds is 2. The Balaban J connectivity index is 3.20. The van der Waals surface area contributed by atoms with Crippen LogP contribution in [0.4, 0.5) is 0 Å². The maximum atomic E-state index is 11.2. The predicted molar refractivity (Wildman–Crippen MR) is 63.6 cm³/mol. The lowest BCUT2D eigenvalue weighted by molar-refractivity contribution is 0.102. The molecule has 0 fully saturated rings. The van der Waals surface area contributed by atoms with Gasteiger partial charge in [-0.15, -0.1) is 11.6 Å². The second kappa shape index (κ2) is 4.61. The molecule has 1 rings (SSSR count). The highest BCUT2D eigenvalue weighted by Crippen LogP contribution is 2.30. The topological polar surface area (TPSA) is 37.3 Å². The lowest BCUT2D eigenvalue weighted by Gasteiger charge is -2.03. The minimum absolute atomic E-state index is 0.0483. The summed E-state index contributed by atoms with van der Waals surface area (Å²) in [6.07, 6.45) is 0. The fourth-order valence-corrected chi connectivity index (χ4v) is 2.41. The van der Waals surface area contributed by atoms with E-state index in [1.54, 1.807) is 12.1 Å². The molecule has 1 aromatic rings. The summed E-state index contributed by atoms with van der Waals surface area (Å²) < 4.78 is 1.13. The zero-order valence-corrected chi connectivity index (χ0v) is 10.9. The van der Waals surface area contributed by atoms with Gasteiger partial charge in [0.25, 0.3) is 0 Å². The minimum Gasteiger partial charge on any atom is -0.506 e. The van der Waals surface area contributed by atoms with Gasteiger partial charge in [0, 0.05) is 5.56 Å². The highest BCUT2D eigenvalue weighted by atomic mass is 127. The number of ketones is 1. The van der Waals surface area contributed by atoms with Crippen LogP contribution in [-0.4, -0.2) is 16.8 Å². The van der Waals surface area contributed by atoms with Gasteiger partial charge in [-0.2, -0.15) is 0 Å². The molecule has 0 saturated carbocycles. The van der Waals surface area contributed by atoms with Crippen molar-refractivity contribution in [2.24, 2.45) is 0 Å². The molecule has 70 valence electrons. The Bertz CT molecular complexity index is 331. The number of Topliss-reactive ketones (excluding diaryl/α,β-unsaturated/α-hetero) is 1. The molecule has 1 N–H and O–H groups in total. The SMILES string of the molecule is O=C(CCl)c1cc(Br)c(O)c(I)c1. The smallest absolute Gasteiger partial charge is 0.177 e. The van der Waals surface area contributed by atoms with E-state index in [0.717, 1.165) is 0 Å². The van der Waals surface area contributed by atoms with Gasteiger partial charge in [-0.25, -0.2) is 0 Å². The van der Waals surface area contributed by atoms with E-state index >= 15 is 0 Å². The van der Waals surface area contributed by atoms with Crippen molar-refractivity contribution in [1.82, 2.24) is 0 Å². The van der Waals surface area contributed by atoms with Crippen molar-refractivity contribution in [1.29, 1.82) is 0 Å². The fourth-order valence-electron chi connectivity index (χ4n) is 0.804. The molecule has 2 nitrogen and oxygen atoms in total. The van der Waals surface area contributed by atoms with Gasteiger partial charge in [0.2, 0.25) is 0 Å². The Hall–Kier alpha value is 0.190. The van der Waals surface area contributed by atoms with E-state index < -0.39 is 0 Å². The molecular weight excluding hydrogens is 370 g/mol. The lowest BCUT2D eigenvalue weighted by Crippen LogP contribution is -2.00. The Morgan fingerprint density at radius 3 is 2.69 bits per heavy atom. The summed E-state index contributed by atoms with van der Waals surface area (Å²) >= 11 is 10.5. The zero-order chi connectivity index (χ0) is 10.0. The second-order valence-corrected chi connectivity index (χ2v) is 4.63. The van der Waals surface area contributed by atoms with E-state index in [0.29, 0.717) is 13.6 Å². The average Bonchev–Trinajstić information content (AvgIpc) is 2.12. The van der Waals surface area contributed by atoms with E-state index in [1.807, 2.05) is 22.6 Å². The van der Waals surface area contributed by atoms with Crippen LogP contribution in [0.15, 0.2) is 16.6 Å². The number of halogens is 3. The number of benzene rings is 1. The summed E-state index contributed by atoms with van der Waals surface area (Å²) in [4.78, 5) is 11.2. The third-order valence-corrected chi connectivity index (χ3v) is 3.13. The first-order valence-electron chi connectivity index (χ1n) is 3.33. The molecule has 0 aromatic heterocycles. The van der Waals surface area contributed by atoms with Crippen molar-refractivity contribution >= 4 is 55.9 Å². The molecule has 0 heterocycles. The number of carbonyl (C=O) groups excluding carboxylic acids is 1. The molecule has 0 atom stereocenters. The van der Waals surface area contributed by atoms with Gasteiger partial charge >= 0.3 is 0 Å². The number of aromatic hydroxyl groups is 1. The minimum atomic E-state index is -0.153. The number of phenols is 1. The van der Waals surface area contributed by atoms with E-state index in [1.165, 1.54) is 0 Å². The number of phenolic OH excluding ortho intramolecular Hbond substituents is 1. The Labute approximate surface area is 103 Å². The first kappa shape index (κ1) is 11.3. The largest absolute Gasteiger partial charge is 0.506 e. The Morgan fingerprint density at radius 1 is 1.62 bits per heavy atom. The molecule has 0 aliphatic carbocycles. The van der Waals surface area contributed by atoms with Crippen LogP contribution >= 0.6 is 50.1 Å². The maximum Gasteiger partial charge on any atom is 0.177 e. The molecule has 0 bridgehead atoms. The van der Waals surface area contributed by atoms with E-state index in [9.17, 15) is 9.90 Å². The van der Waals surface area contributed by atoms with Crippen LogP contribution < -0.4 is 0 Å². The van der Waals surface area contributed by atoms with E-state index in [-0.39, 0.29) is 17.4 Å². The van der Waals surface area contributed by atoms with Crippen LogP contribution in [-0.2, 0) is 0 Å². The van der Waals surface area contributed by atoms with Crippen LogP contribution in [0.2, 0.25) is 0 Å².